The monoisotopic (exact) mass is 533 g/mol. The van der Waals surface area contributed by atoms with E-state index in [1.54, 1.807) is 86.3 Å². The van der Waals surface area contributed by atoms with Gasteiger partial charge < -0.3 is 28.0 Å². The van der Waals surface area contributed by atoms with Gasteiger partial charge in [0.25, 0.3) is 0 Å². The second kappa shape index (κ2) is 13.1. The van der Waals surface area contributed by atoms with Crippen LogP contribution < -0.4 is 23.3 Å². The minimum absolute atomic E-state index is 0.158. The van der Waals surface area contributed by atoms with Crippen molar-refractivity contribution in [3.05, 3.63) is 72.8 Å². The van der Waals surface area contributed by atoms with Crippen LogP contribution in [0.2, 0.25) is 0 Å². The zero-order chi connectivity index (χ0) is 26.0. The van der Waals surface area contributed by atoms with Crippen LogP contribution in [0.5, 0.6) is 28.7 Å². The molecule has 3 aromatic carbocycles. The van der Waals surface area contributed by atoms with Crippen LogP contribution >= 0.6 is 19.5 Å². The van der Waals surface area contributed by atoms with E-state index in [2.05, 4.69) is 0 Å². The first-order valence-electron chi connectivity index (χ1n) is 10.8. The Hall–Kier alpha value is -3.33. The largest absolute Gasteiger partial charge is 0.497 e. The van der Waals surface area contributed by atoms with E-state index in [-0.39, 0.29) is 12.8 Å². The molecular formula is C25H28NO8PS. The van der Waals surface area contributed by atoms with Gasteiger partial charge in [-0.25, -0.2) is 8.87 Å². The average molecular weight is 534 g/mol. The van der Waals surface area contributed by atoms with Crippen LogP contribution in [0.25, 0.3) is 0 Å². The molecule has 0 N–H and O–H groups in total. The van der Waals surface area contributed by atoms with E-state index in [4.69, 9.17) is 28.0 Å². The van der Waals surface area contributed by atoms with Gasteiger partial charge >= 0.3 is 13.6 Å². The summed E-state index contributed by atoms with van der Waals surface area (Å²) >= 11 is 1.22. The number of hydrogen-bond acceptors (Lipinski definition) is 10. The molecule has 0 amide bonds. The summed E-state index contributed by atoms with van der Waals surface area (Å²) in [5, 5.41) is 0. The molecule has 0 bridgehead atoms. The summed E-state index contributed by atoms with van der Waals surface area (Å²) in [4.78, 5) is 13.0. The fraction of sp³-hybridized carbons (Fsp3) is 0.240. The molecular weight excluding hydrogens is 505 g/mol. The van der Waals surface area contributed by atoms with E-state index in [1.807, 2.05) is 12.1 Å². The summed E-state index contributed by atoms with van der Waals surface area (Å²) in [5.41, 5.74) is 0. The molecule has 0 aromatic heterocycles. The van der Waals surface area contributed by atoms with Gasteiger partial charge in [0.05, 0.1) is 28.4 Å². The van der Waals surface area contributed by atoms with Gasteiger partial charge in [-0.1, -0.05) is 0 Å². The van der Waals surface area contributed by atoms with E-state index >= 15 is 0 Å². The number of esters is 1. The molecule has 0 saturated heterocycles. The third-order valence-electron chi connectivity index (χ3n) is 4.77. The topological polar surface area (TPSA) is 92.8 Å². The molecule has 0 unspecified atom stereocenters. The van der Waals surface area contributed by atoms with Crippen molar-refractivity contribution in [3.63, 3.8) is 0 Å². The van der Waals surface area contributed by atoms with Crippen molar-refractivity contribution in [1.29, 1.82) is 0 Å². The first-order chi connectivity index (χ1) is 17.4. The highest BCUT2D eigenvalue weighted by molar-refractivity contribution is 7.97. The van der Waals surface area contributed by atoms with E-state index in [0.717, 1.165) is 4.90 Å². The van der Waals surface area contributed by atoms with Crippen molar-refractivity contribution in [3.8, 4) is 28.7 Å². The number of ether oxygens (including phenoxy) is 4. The fourth-order valence-corrected chi connectivity index (χ4v) is 5.88. The standard InChI is InChI=1S/C25H28NO8PS/c1-29-19-5-9-22(10-6-19)33-35(28,34-23-11-7-20(30-2)8-12-23)18-26(17-25(27)32-4)36-24-15-13-21(31-3)14-16-24/h5-16H,17-18H2,1-4H3. The first-order valence-corrected chi connectivity index (χ1v) is 13.3. The number of benzene rings is 3. The first kappa shape index (κ1) is 27.3. The summed E-state index contributed by atoms with van der Waals surface area (Å²) < 4.78 is 47.9. The predicted octanol–water partition coefficient (Wildman–Crippen LogP) is 5.50. The van der Waals surface area contributed by atoms with Crippen molar-refractivity contribution in [1.82, 2.24) is 4.31 Å². The van der Waals surface area contributed by atoms with Gasteiger partial charge in [-0.05, 0) is 84.7 Å². The molecule has 0 radical (unpaired) electrons. The number of carbonyl (C=O) groups is 1. The number of rotatable bonds is 13. The maximum atomic E-state index is 14.1. The number of carbonyl (C=O) groups excluding carboxylic acids is 1. The molecule has 3 rings (SSSR count). The van der Waals surface area contributed by atoms with Gasteiger partial charge in [-0.2, -0.15) is 0 Å². The van der Waals surface area contributed by atoms with Gasteiger partial charge in [0.15, 0.2) is 0 Å². The van der Waals surface area contributed by atoms with E-state index in [1.165, 1.54) is 19.1 Å². The maximum absolute atomic E-state index is 14.1. The van der Waals surface area contributed by atoms with Crippen molar-refractivity contribution < 1.29 is 37.4 Å². The second-order valence-corrected chi connectivity index (χ2v) is 10.3. The quantitative estimate of drug-likeness (QED) is 0.159. The lowest BCUT2D eigenvalue weighted by Gasteiger charge is -2.26. The van der Waals surface area contributed by atoms with Crippen LogP contribution in [0.15, 0.2) is 77.7 Å². The van der Waals surface area contributed by atoms with Crippen LogP contribution in [0, 0.1) is 0 Å². The second-order valence-electron chi connectivity index (χ2n) is 7.27. The molecule has 36 heavy (non-hydrogen) atoms. The highest BCUT2D eigenvalue weighted by atomic mass is 32.2. The van der Waals surface area contributed by atoms with Gasteiger partial charge in [0.1, 0.15) is 41.6 Å². The smallest absolute Gasteiger partial charge is 0.445 e. The van der Waals surface area contributed by atoms with Crippen molar-refractivity contribution in [2.75, 3.05) is 41.3 Å². The van der Waals surface area contributed by atoms with Gasteiger partial charge in [0.2, 0.25) is 0 Å². The van der Waals surface area contributed by atoms with Crippen molar-refractivity contribution >= 4 is 25.5 Å². The Morgan fingerprint density at radius 2 is 1.08 bits per heavy atom. The minimum Gasteiger partial charge on any atom is -0.497 e. The fourth-order valence-electron chi connectivity index (χ4n) is 2.97. The Morgan fingerprint density at radius 3 is 1.47 bits per heavy atom. The highest BCUT2D eigenvalue weighted by Gasteiger charge is 2.33. The summed E-state index contributed by atoms with van der Waals surface area (Å²) in [6, 6.07) is 20.5. The molecule has 0 fully saturated rings. The summed E-state index contributed by atoms with van der Waals surface area (Å²) in [7, 11) is 2.08. The third kappa shape index (κ3) is 8.12. The molecule has 11 heteroatoms. The molecule has 0 aliphatic carbocycles. The van der Waals surface area contributed by atoms with Gasteiger partial charge in [-0.15, -0.1) is 0 Å². The minimum atomic E-state index is -3.89. The Kier molecular flexibility index (Phi) is 9.93. The highest BCUT2D eigenvalue weighted by Crippen LogP contribution is 2.50. The lowest BCUT2D eigenvalue weighted by atomic mass is 10.3. The van der Waals surface area contributed by atoms with Gasteiger partial charge in [0, 0.05) is 4.90 Å². The van der Waals surface area contributed by atoms with E-state index in [9.17, 15) is 9.36 Å². The summed E-state index contributed by atoms with van der Waals surface area (Å²) in [6.45, 7) is -0.158. The Labute approximate surface area is 214 Å². The van der Waals surface area contributed by atoms with E-state index in [0.29, 0.717) is 28.7 Å². The average Bonchev–Trinajstić information content (AvgIpc) is 2.89. The van der Waals surface area contributed by atoms with Crippen LogP contribution in [0.3, 0.4) is 0 Å². The summed E-state index contributed by atoms with van der Waals surface area (Å²) in [6.07, 6.45) is -0.225. The Morgan fingerprint density at radius 1 is 0.694 bits per heavy atom. The normalized spacial score (nSPS) is 11.0. The molecule has 9 nitrogen and oxygen atoms in total. The Bertz CT molecular complexity index is 1100. The van der Waals surface area contributed by atoms with Crippen LogP contribution in [-0.2, 0) is 14.1 Å². The molecule has 0 atom stereocenters. The molecule has 0 saturated carbocycles. The number of methoxy groups -OCH3 is 4. The van der Waals surface area contributed by atoms with E-state index < -0.39 is 13.6 Å². The zero-order valence-corrected chi connectivity index (χ0v) is 22.1. The van der Waals surface area contributed by atoms with Crippen molar-refractivity contribution in [2.45, 2.75) is 4.90 Å². The number of nitrogens with zero attached hydrogens (tertiary/aromatic N) is 1. The lowest BCUT2D eigenvalue weighted by molar-refractivity contribution is -0.140. The maximum Gasteiger partial charge on any atom is 0.445 e. The molecule has 3 aromatic rings. The molecule has 0 aliphatic rings. The summed E-state index contributed by atoms with van der Waals surface area (Å²) in [5.74, 6) is 2.07. The van der Waals surface area contributed by atoms with Gasteiger partial charge in [-0.3, -0.25) is 4.79 Å². The Balaban J connectivity index is 1.89. The van der Waals surface area contributed by atoms with Crippen molar-refractivity contribution in [2.24, 2.45) is 0 Å². The van der Waals surface area contributed by atoms with Crippen LogP contribution in [0.1, 0.15) is 0 Å². The molecule has 0 aliphatic heterocycles. The SMILES string of the molecule is COC(=O)CN(CP(=O)(Oc1ccc(OC)cc1)Oc1ccc(OC)cc1)Sc1ccc(OC)cc1. The molecule has 0 spiro atoms. The van der Waals surface area contributed by atoms with Crippen LogP contribution in [-0.4, -0.2) is 51.5 Å². The zero-order valence-electron chi connectivity index (χ0n) is 20.4. The molecule has 0 heterocycles. The third-order valence-corrected chi connectivity index (χ3v) is 7.62. The number of hydrogen-bond donors (Lipinski definition) is 0. The molecule has 192 valence electrons. The lowest BCUT2D eigenvalue weighted by Crippen LogP contribution is -2.27. The predicted molar refractivity (Wildman–Crippen MR) is 137 cm³/mol. The van der Waals surface area contributed by atoms with Crippen LogP contribution in [0.4, 0.5) is 0 Å².